The smallest absolute Gasteiger partial charge is 0.118 e. The second-order valence-electron chi connectivity index (χ2n) is 3.25. The van der Waals surface area contributed by atoms with E-state index in [1.165, 1.54) is 0 Å². The average Bonchev–Trinajstić information content (AvgIpc) is 2.30. The van der Waals surface area contributed by atoms with E-state index in [9.17, 15) is 0 Å². The van der Waals surface area contributed by atoms with E-state index >= 15 is 0 Å². The average molecular weight is 297 g/mol. The molecule has 0 unspecified atom stereocenters. The normalized spacial score (nSPS) is 10.2. The van der Waals surface area contributed by atoms with Crippen molar-refractivity contribution >= 4 is 27.5 Å². The van der Waals surface area contributed by atoms with Crippen LogP contribution in [0.15, 0.2) is 40.9 Å². The van der Waals surface area contributed by atoms with Gasteiger partial charge in [-0.3, -0.25) is 0 Å². The van der Waals surface area contributed by atoms with E-state index < -0.39 is 0 Å². The quantitative estimate of drug-likeness (QED) is 0.788. The Morgan fingerprint density at radius 1 is 1.19 bits per heavy atom. The summed E-state index contributed by atoms with van der Waals surface area (Å²) in [4.78, 5) is 0. The molecule has 3 heteroatoms. The Morgan fingerprint density at radius 2 is 1.88 bits per heavy atom. The maximum Gasteiger partial charge on any atom is 0.118 e. The van der Waals surface area contributed by atoms with Gasteiger partial charge in [0.1, 0.15) is 5.75 Å². The number of methoxy groups -OCH3 is 1. The van der Waals surface area contributed by atoms with Gasteiger partial charge in [-0.05, 0) is 35.9 Å². The van der Waals surface area contributed by atoms with Crippen molar-refractivity contribution in [2.24, 2.45) is 0 Å². The van der Waals surface area contributed by atoms with E-state index in [2.05, 4.69) is 22.0 Å². The first-order valence-electron chi connectivity index (χ1n) is 4.72. The molecule has 0 aliphatic carbocycles. The molecule has 0 amide bonds. The number of hydrogen-bond acceptors (Lipinski definition) is 1. The predicted molar refractivity (Wildman–Crippen MR) is 70.0 cm³/mol. The van der Waals surface area contributed by atoms with Gasteiger partial charge in [0.05, 0.1) is 12.1 Å². The molecule has 16 heavy (non-hydrogen) atoms. The van der Waals surface area contributed by atoms with Crippen molar-refractivity contribution in [3.05, 3.63) is 52.0 Å². The molecule has 1 nitrogen and oxygen atoms in total. The maximum atomic E-state index is 6.15. The highest BCUT2D eigenvalue weighted by molar-refractivity contribution is 9.10. The van der Waals surface area contributed by atoms with E-state index in [1.54, 1.807) is 13.2 Å². The van der Waals surface area contributed by atoms with Crippen LogP contribution in [0, 0.1) is 6.07 Å². The Balaban J connectivity index is 2.50. The van der Waals surface area contributed by atoms with Crippen molar-refractivity contribution < 1.29 is 4.74 Å². The largest absolute Gasteiger partial charge is 0.497 e. The molecule has 2 aromatic rings. The van der Waals surface area contributed by atoms with Crippen LogP contribution >= 0.6 is 27.5 Å². The van der Waals surface area contributed by atoms with E-state index in [0.717, 1.165) is 21.3 Å². The van der Waals surface area contributed by atoms with Crippen LogP contribution in [0.2, 0.25) is 5.02 Å². The molecular weight excluding hydrogens is 287 g/mol. The summed E-state index contributed by atoms with van der Waals surface area (Å²) < 4.78 is 6.05. The van der Waals surface area contributed by atoms with E-state index in [1.807, 2.05) is 30.3 Å². The summed E-state index contributed by atoms with van der Waals surface area (Å²) in [5.41, 5.74) is 2.02. The van der Waals surface area contributed by atoms with Crippen molar-refractivity contribution in [3.8, 4) is 16.9 Å². The molecule has 0 aliphatic heterocycles. The Kier molecular flexibility index (Phi) is 3.52. The molecule has 0 saturated carbocycles. The van der Waals surface area contributed by atoms with Crippen LogP contribution in [0.4, 0.5) is 0 Å². The lowest BCUT2D eigenvalue weighted by Gasteiger charge is -2.07. The molecule has 0 bridgehead atoms. The van der Waals surface area contributed by atoms with Crippen molar-refractivity contribution in [1.29, 1.82) is 0 Å². The highest BCUT2D eigenvalue weighted by Gasteiger charge is 2.07. The number of rotatable bonds is 2. The van der Waals surface area contributed by atoms with Gasteiger partial charge in [-0.1, -0.05) is 39.7 Å². The fraction of sp³-hybridized carbons (Fsp3) is 0.0769. The van der Waals surface area contributed by atoms with Crippen LogP contribution < -0.4 is 4.74 Å². The number of halogens is 2. The number of hydrogen-bond donors (Lipinski definition) is 0. The van der Waals surface area contributed by atoms with Gasteiger partial charge in [-0.2, -0.15) is 0 Å². The fourth-order valence-electron chi connectivity index (χ4n) is 1.48. The minimum Gasteiger partial charge on any atom is -0.497 e. The van der Waals surface area contributed by atoms with Crippen LogP contribution in [0.1, 0.15) is 0 Å². The third-order valence-electron chi connectivity index (χ3n) is 2.28. The van der Waals surface area contributed by atoms with Gasteiger partial charge in [0.25, 0.3) is 0 Å². The molecule has 0 aromatic heterocycles. The van der Waals surface area contributed by atoms with Gasteiger partial charge in [-0.15, -0.1) is 0 Å². The van der Waals surface area contributed by atoms with E-state index in [4.69, 9.17) is 16.3 Å². The highest BCUT2D eigenvalue weighted by Crippen LogP contribution is 2.35. The monoisotopic (exact) mass is 295 g/mol. The maximum absolute atomic E-state index is 6.15. The summed E-state index contributed by atoms with van der Waals surface area (Å²) in [6, 6.07) is 14.3. The Morgan fingerprint density at radius 3 is 2.44 bits per heavy atom. The molecule has 2 aromatic carbocycles. The summed E-state index contributed by atoms with van der Waals surface area (Å²) >= 11 is 9.62. The highest BCUT2D eigenvalue weighted by atomic mass is 79.9. The molecule has 1 radical (unpaired) electrons. The summed E-state index contributed by atoms with van der Waals surface area (Å²) in [5, 5.41) is 0.680. The summed E-state index contributed by atoms with van der Waals surface area (Å²) in [6.45, 7) is 0. The molecule has 0 aliphatic rings. The summed E-state index contributed by atoms with van der Waals surface area (Å²) in [7, 11) is 1.65. The Labute approximate surface area is 108 Å². The lowest BCUT2D eigenvalue weighted by molar-refractivity contribution is 0.415. The number of benzene rings is 2. The SMILES string of the molecule is COc1ccc(-c2c(Cl)c[c]cc2Br)cc1. The molecule has 2 rings (SSSR count). The van der Waals surface area contributed by atoms with Crippen molar-refractivity contribution in [2.75, 3.05) is 7.11 Å². The van der Waals surface area contributed by atoms with E-state index in [0.29, 0.717) is 5.02 Å². The second-order valence-corrected chi connectivity index (χ2v) is 4.52. The molecule has 81 valence electrons. The third kappa shape index (κ3) is 2.23. The van der Waals surface area contributed by atoms with Crippen LogP contribution in [-0.4, -0.2) is 7.11 Å². The van der Waals surface area contributed by atoms with Crippen molar-refractivity contribution in [2.45, 2.75) is 0 Å². The first kappa shape index (κ1) is 11.5. The molecule has 0 atom stereocenters. The lowest BCUT2D eigenvalue weighted by atomic mass is 10.1. The molecule has 0 heterocycles. The van der Waals surface area contributed by atoms with Crippen LogP contribution in [0.5, 0.6) is 5.75 Å². The van der Waals surface area contributed by atoms with Gasteiger partial charge < -0.3 is 4.74 Å². The zero-order valence-corrected chi connectivity index (χ0v) is 11.0. The molecule has 0 saturated heterocycles. The minimum absolute atomic E-state index is 0.680. The molecule has 0 fully saturated rings. The summed E-state index contributed by atoms with van der Waals surface area (Å²) in [5.74, 6) is 0.832. The van der Waals surface area contributed by atoms with Crippen LogP contribution in [0.3, 0.4) is 0 Å². The minimum atomic E-state index is 0.680. The van der Waals surface area contributed by atoms with Gasteiger partial charge in [0.15, 0.2) is 0 Å². The first-order valence-corrected chi connectivity index (χ1v) is 5.89. The van der Waals surface area contributed by atoms with Gasteiger partial charge >= 0.3 is 0 Å². The van der Waals surface area contributed by atoms with Crippen LogP contribution in [-0.2, 0) is 0 Å². The second kappa shape index (κ2) is 4.89. The van der Waals surface area contributed by atoms with E-state index in [-0.39, 0.29) is 0 Å². The first-order chi connectivity index (χ1) is 7.72. The zero-order chi connectivity index (χ0) is 11.5. The molecule has 0 spiro atoms. The van der Waals surface area contributed by atoms with Gasteiger partial charge in [-0.25, -0.2) is 0 Å². The predicted octanol–water partition coefficient (Wildman–Crippen LogP) is 4.58. The summed E-state index contributed by atoms with van der Waals surface area (Å²) in [6.07, 6.45) is 0. The van der Waals surface area contributed by atoms with Gasteiger partial charge in [0.2, 0.25) is 0 Å². The Hall–Kier alpha value is -0.990. The zero-order valence-electron chi connectivity index (χ0n) is 8.63. The third-order valence-corrected chi connectivity index (χ3v) is 3.20. The fourth-order valence-corrected chi connectivity index (χ4v) is 2.44. The lowest BCUT2D eigenvalue weighted by Crippen LogP contribution is -1.84. The van der Waals surface area contributed by atoms with Gasteiger partial charge in [0, 0.05) is 10.0 Å². The molecular formula is C13H9BrClO. The number of ether oxygens (including phenoxy) is 1. The standard InChI is InChI=1S/C13H9BrClO/c1-16-10-7-5-9(6-8-10)13-11(14)3-2-4-12(13)15/h3-8H,1H3. The van der Waals surface area contributed by atoms with Crippen molar-refractivity contribution in [1.82, 2.24) is 0 Å². The molecule has 0 N–H and O–H groups in total. The van der Waals surface area contributed by atoms with Crippen molar-refractivity contribution in [3.63, 3.8) is 0 Å². The van der Waals surface area contributed by atoms with Crippen LogP contribution in [0.25, 0.3) is 11.1 Å². The topological polar surface area (TPSA) is 9.23 Å². The Bertz CT molecular complexity index is 474.